The maximum Gasteiger partial charge on any atom is 0.120 e. The quantitative estimate of drug-likeness (QED) is 0.744. The lowest BCUT2D eigenvalue weighted by Gasteiger charge is -2.27. The van der Waals surface area contributed by atoms with Crippen LogP contribution < -0.4 is 5.32 Å². The first-order valence-electron chi connectivity index (χ1n) is 7.00. The molecule has 19 heavy (non-hydrogen) atoms. The van der Waals surface area contributed by atoms with E-state index in [1.54, 1.807) is 18.2 Å². The van der Waals surface area contributed by atoms with Gasteiger partial charge in [0.25, 0.3) is 0 Å². The molecule has 0 aromatic heterocycles. The minimum Gasteiger partial charge on any atom is -0.508 e. The minimum absolute atomic E-state index is 0.241. The fraction of sp³-hybridized carbons (Fsp3) is 0.600. The summed E-state index contributed by atoms with van der Waals surface area (Å²) in [6.07, 6.45) is 6.36. The monoisotopic (exact) mass is 283 g/mol. The number of phenols is 1. The van der Waals surface area contributed by atoms with Gasteiger partial charge in [-0.2, -0.15) is 0 Å². The lowest BCUT2D eigenvalue weighted by Crippen LogP contribution is -2.39. The number of rotatable bonds is 4. The lowest BCUT2D eigenvalue weighted by molar-refractivity contribution is 0.0250. The Morgan fingerprint density at radius 3 is 2.53 bits per heavy atom. The second-order valence-electron chi connectivity index (χ2n) is 5.52. The summed E-state index contributed by atoms with van der Waals surface area (Å²) in [6, 6.07) is 5.01. The van der Waals surface area contributed by atoms with E-state index in [0.29, 0.717) is 18.1 Å². The number of benzene rings is 1. The standard InChI is InChI=1S/C15H22ClNO2/c16-13-5-6-14(18)12(9-13)10-17-11-15(19)7-3-1-2-4-8-15/h5-6,9,17-19H,1-4,7-8,10-11H2. The van der Waals surface area contributed by atoms with E-state index in [2.05, 4.69) is 5.32 Å². The van der Waals surface area contributed by atoms with Crippen molar-refractivity contribution in [1.82, 2.24) is 5.32 Å². The van der Waals surface area contributed by atoms with E-state index in [9.17, 15) is 10.2 Å². The third kappa shape index (κ3) is 4.37. The van der Waals surface area contributed by atoms with Gasteiger partial charge < -0.3 is 15.5 Å². The van der Waals surface area contributed by atoms with Crippen molar-refractivity contribution < 1.29 is 10.2 Å². The lowest BCUT2D eigenvalue weighted by atomic mass is 9.94. The molecule has 0 heterocycles. The molecule has 1 aliphatic rings. The number of nitrogens with one attached hydrogen (secondary N) is 1. The molecule has 3 N–H and O–H groups in total. The van der Waals surface area contributed by atoms with Crippen LogP contribution in [-0.4, -0.2) is 22.4 Å². The highest BCUT2D eigenvalue weighted by Gasteiger charge is 2.27. The average Bonchev–Trinajstić information content (AvgIpc) is 2.59. The topological polar surface area (TPSA) is 52.5 Å². The molecule has 1 aromatic carbocycles. The summed E-state index contributed by atoms with van der Waals surface area (Å²) in [7, 11) is 0. The zero-order valence-corrected chi connectivity index (χ0v) is 11.9. The molecule has 2 rings (SSSR count). The van der Waals surface area contributed by atoms with Crippen molar-refractivity contribution in [2.45, 2.75) is 50.7 Å². The summed E-state index contributed by atoms with van der Waals surface area (Å²) in [5, 5.41) is 24.1. The average molecular weight is 284 g/mol. The van der Waals surface area contributed by atoms with Crippen LogP contribution in [0.25, 0.3) is 0 Å². The van der Waals surface area contributed by atoms with Crippen molar-refractivity contribution in [2.75, 3.05) is 6.54 Å². The fourth-order valence-electron chi connectivity index (χ4n) is 2.69. The van der Waals surface area contributed by atoms with Gasteiger partial charge in [0.2, 0.25) is 0 Å². The Morgan fingerprint density at radius 1 is 1.16 bits per heavy atom. The van der Waals surface area contributed by atoms with E-state index in [1.165, 1.54) is 12.8 Å². The molecular formula is C15H22ClNO2. The summed E-state index contributed by atoms with van der Waals surface area (Å²) in [6.45, 7) is 1.09. The number of halogens is 1. The zero-order chi connectivity index (χ0) is 13.7. The normalized spacial score (nSPS) is 19.1. The predicted molar refractivity (Wildman–Crippen MR) is 77.5 cm³/mol. The van der Waals surface area contributed by atoms with E-state index in [-0.39, 0.29) is 5.75 Å². The smallest absolute Gasteiger partial charge is 0.120 e. The van der Waals surface area contributed by atoms with Crippen LogP contribution in [0.15, 0.2) is 18.2 Å². The Kier molecular flexibility index (Phi) is 5.08. The highest BCUT2D eigenvalue weighted by atomic mass is 35.5. The first-order valence-corrected chi connectivity index (χ1v) is 7.37. The first kappa shape index (κ1) is 14.6. The van der Waals surface area contributed by atoms with Crippen molar-refractivity contribution in [3.63, 3.8) is 0 Å². The predicted octanol–water partition coefficient (Wildman–Crippen LogP) is 3.22. The van der Waals surface area contributed by atoms with Crippen LogP contribution in [0.4, 0.5) is 0 Å². The summed E-state index contributed by atoms with van der Waals surface area (Å²) in [5.74, 6) is 0.241. The van der Waals surface area contributed by atoms with E-state index in [1.807, 2.05) is 0 Å². The molecule has 0 bridgehead atoms. The van der Waals surface area contributed by atoms with E-state index in [0.717, 1.165) is 31.2 Å². The van der Waals surface area contributed by atoms with Gasteiger partial charge in [0.05, 0.1) is 5.60 Å². The maximum absolute atomic E-state index is 10.5. The van der Waals surface area contributed by atoms with Crippen LogP contribution in [0.2, 0.25) is 5.02 Å². The van der Waals surface area contributed by atoms with Gasteiger partial charge in [0, 0.05) is 23.7 Å². The van der Waals surface area contributed by atoms with Gasteiger partial charge in [-0.05, 0) is 31.0 Å². The Hall–Kier alpha value is -0.770. The molecule has 0 atom stereocenters. The van der Waals surface area contributed by atoms with Crippen LogP contribution in [0.3, 0.4) is 0 Å². The SMILES string of the molecule is Oc1ccc(Cl)cc1CNCC1(O)CCCCCC1. The third-order valence-corrected chi connectivity index (χ3v) is 4.08. The molecule has 0 aliphatic heterocycles. The van der Waals surface area contributed by atoms with Gasteiger partial charge in [0.15, 0.2) is 0 Å². The van der Waals surface area contributed by atoms with Gasteiger partial charge >= 0.3 is 0 Å². The number of hydrogen-bond donors (Lipinski definition) is 3. The fourth-order valence-corrected chi connectivity index (χ4v) is 2.88. The highest BCUT2D eigenvalue weighted by Crippen LogP contribution is 2.27. The van der Waals surface area contributed by atoms with Crippen LogP contribution in [0.5, 0.6) is 5.75 Å². The summed E-state index contributed by atoms with van der Waals surface area (Å²) < 4.78 is 0. The second-order valence-corrected chi connectivity index (χ2v) is 5.95. The zero-order valence-electron chi connectivity index (χ0n) is 11.2. The molecule has 3 nitrogen and oxygen atoms in total. The van der Waals surface area contributed by atoms with Crippen LogP contribution in [-0.2, 0) is 6.54 Å². The van der Waals surface area contributed by atoms with E-state index in [4.69, 9.17) is 11.6 Å². The molecule has 0 spiro atoms. The van der Waals surface area contributed by atoms with Gasteiger partial charge in [-0.15, -0.1) is 0 Å². The Bertz CT molecular complexity index is 415. The van der Waals surface area contributed by atoms with Crippen LogP contribution in [0.1, 0.15) is 44.1 Å². The largest absolute Gasteiger partial charge is 0.508 e. The van der Waals surface area contributed by atoms with Gasteiger partial charge in [-0.1, -0.05) is 37.3 Å². The van der Waals surface area contributed by atoms with E-state index < -0.39 is 5.60 Å². The molecule has 0 amide bonds. The van der Waals surface area contributed by atoms with Crippen molar-refractivity contribution >= 4 is 11.6 Å². The second kappa shape index (κ2) is 6.60. The molecule has 0 radical (unpaired) electrons. The number of aliphatic hydroxyl groups is 1. The summed E-state index contributed by atoms with van der Waals surface area (Å²) >= 11 is 5.91. The molecule has 4 heteroatoms. The Labute approximate surface area is 119 Å². The van der Waals surface area contributed by atoms with Crippen molar-refractivity contribution in [3.05, 3.63) is 28.8 Å². The molecule has 0 unspecified atom stereocenters. The molecular weight excluding hydrogens is 262 g/mol. The molecule has 1 fully saturated rings. The summed E-state index contributed by atoms with van der Waals surface area (Å²) in [5.41, 5.74) is 0.176. The highest BCUT2D eigenvalue weighted by molar-refractivity contribution is 6.30. The first-order chi connectivity index (χ1) is 9.09. The van der Waals surface area contributed by atoms with Crippen LogP contribution >= 0.6 is 11.6 Å². The van der Waals surface area contributed by atoms with Gasteiger partial charge in [-0.3, -0.25) is 0 Å². The number of hydrogen-bond acceptors (Lipinski definition) is 3. The van der Waals surface area contributed by atoms with Crippen molar-refractivity contribution in [3.8, 4) is 5.75 Å². The van der Waals surface area contributed by atoms with Gasteiger partial charge in [0.1, 0.15) is 5.75 Å². The van der Waals surface area contributed by atoms with Gasteiger partial charge in [-0.25, -0.2) is 0 Å². The Balaban J connectivity index is 1.86. The van der Waals surface area contributed by atoms with Crippen LogP contribution in [0, 0.1) is 0 Å². The molecule has 1 saturated carbocycles. The molecule has 1 aromatic rings. The van der Waals surface area contributed by atoms with Crippen molar-refractivity contribution in [1.29, 1.82) is 0 Å². The maximum atomic E-state index is 10.5. The summed E-state index contributed by atoms with van der Waals surface area (Å²) in [4.78, 5) is 0. The van der Waals surface area contributed by atoms with Crippen molar-refractivity contribution in [2.24, 2.45) is 0 Å². The number of phenolic OH excluding ortho intramolecular Hbond substituents is 1. The minimum atomic E-state index is -0.593. The van der Waals surface area contributed by atoms with E-state index >= 15 is 0 Å². The number of aromatic hydroxyl groups is 1. The molecule has 1 aliphatic carbocycles. The molecule has 0 saturated heterocycles. The Morgan fingerprint density at radius 2 is 1.84 bits per heavy atom. The molecule has 106 valence electrons. The third-order valence-electron chi connectivity index (χ3n) is 3.85.